The standard InChI is InChI=1S/C13H15Cl2N3OS/c14-8-6-9(15)11-12(18-20-17-11)10(8)16-7-13(19)4-2-1-3-5-13/h6,16,19H,1-5,7H2. The molecule has 0 aliphatic heterocycles. The molecule has 1 fully saturated rings. The van der Waals surface area contributed by atoms with Gasteiger partial charge < -0.3 is 10.4 Å². The summed E-state index contributed by atoms with van der Waals surface area (Å²) in [4.78, 5) is 0. The molecule has 1 aromatic heterocycles. The third kappa shape index (κ3) is 2.72. The van der Waals surface area contributed by atoms with E-state index >= 15 is 0 Å². The van der Waals surface area contributed by atoms with Crippen LogP contribution < -0.4 is 5.32 Å². The minimum Gasteiger partial charge on any atom is -0.388 e. The summed E-state index contributed by atoms with van der Waals surface area (Å²) in [5.74, 6) is 0. The summed E-state index contributed by atoms with van der Waals surface area (Å²) in [5.41, 5.74) is 1.38. The van der Waals surface area contributed by atoms with Gasteiger partial charge >= 0.3 is 0 Å². The molecule has 0 atom stereocenters. The highest BCUT2D eigenvalue weighted by Gasteiger charge is 2.29. The number of halogens is 2. The fourth-order valence-electron chi connectivity index (χ4n) is 2.68. The van der Waals surface area contributed by atoms with Gasteiger partial charge in [0, 0.05) is 6.54 Å². The molecule has 0 amide bonds. The Hall–Kier alpha value is -0.620. The summed E-state index contributed by atoms with van der Waals surface area (Å²) < 4.78 is 8.41. The van der Waals surface area contributed by atoms with Crippen molar-refractivity contribution in [2.24, 2.45) is 0 Å². The largest absolute Gasteiger partial charge is 0.388 e. The Labute approximate surface area is 131 Å². The van der Waals surface area contributed by atoms with E-state index in [-0.39, 0.29) is 0 Å². The minimum atomic E-state index is -0.656. The number of rotatable bonds is 3. The number of anilines is 1. The lowest BCUT2D eigenvalue weighted by Gasteiger charge is -2.32. The van der Waals surface area contributed by atoms with Crippen molar-refractivity contribution in [2.45, 2.75) is 37.7 Å². The molecule has 1 heterocycles. The number of fused-ring (bicyclic) bond motifs is 1. The SMILES string of the molecule is OC1(CNc2c(Cl)cc(Cl)c3nsnc23)CCCCC1. The normalized spacial score (nSPS) is 18.4. The van der Waals surface area contributed by atoms with Gasteiger partial charge in [-0.15, -0.1) is 0 Å². The Bertz CT molecular complexity index is 625. The smallest absolute Gasteiger partial charge is 0.130 e. The second-order valence-corrected chi connectivity index (χ2v) is 6.66. The maximum absolute atomic E-state index is 10.5. The van der Waals surface area contributed by atoms with Gasteiger partial charge in [-0.2, -0.15) is 8.75 Å². The van der Waals surface area contributed by atoms with Gasteiger partial charge in [-0.25, -0.2) is 0 Å². The van der Waals surface area contributed by atoms with E-state index in [2.05, 4.69) is 14.1 Å². The summed E-state index contributed by atoms with van der Waals surface area (Å²) in [7, 11) is 0. The molecular weight excluding hydrogens is 317 g/mol. The van der Waals surface area contributed by atoms with Crippen LogP contribution in [-0.2, 0) is 0 Å². The van der Waals surface area contributed by atoms with Crippen LogP contribution in [0.25, 0.3) is 11.0 Å². The lowest BCUT2D eigenvalue weighted by Crippen LogP contribution is -2.38. The van der Waals surface area contributed by atoms with Crippen molar-refractivity contribution in [3.05, 3.63) is 16.1 Å². The summed E-state index contributed by atoms with van der Waals surface area (Å²) in [6.07, 6.45) is 4.98. The first-order chi connectivity index (χ1) is 9.59. The highest BCUT2D eigenvalue weighted by Crippen LogP contribution is 2.36. The van der Waals surface area contributed by atoms with Gasteiger partial charge in [0.2, 0.25) is 0 Å². The zero-order valence-electron chi connectivity index (χ0n) is 10.8. The van der Waals surface area contributed by atoms with Crippen LogP contribution >= 0.6 is 34.9 Å². The molecule has 2 N–H and O–H groups in total. The molecule has 1 saturated carbocycles. The number of benzene rings is 1. The minimum absolute atomic E-state index is 0.473. The van der Waals surface area contributed by atoms with E-state index in [0.717, 1.165) is 37.4 Å². The van der Waals surface area contributed by atoms with Gasteiger partial charge in [0.25, 0.3) is 0 Å². The van der Waals surface area contributed by atoms with E-state index < -0.39 is 5.60 Å². The fraction of sp³-hybridized carbons (Fsp3) is 0.538. The van der Waals surface area contributed by atoms with Crippen molar-refractivity contribution < 1.29 is 5.11 Å². The van der Waals surface area contributed by atoms with Gasteiger partial charge in [0.1, 0.15) is 11.0 Å². The highest BCUT2D eigenvalue weighted by atomic mass is 35.5. The summed E-state index contributed by atoms with van der Waals surface area (Å²) in [6.45, 7) is 0.473. The number of nitrogens with zero attached hydrogens (tertiary/aromatic N) is 2. The average Bonchev–Trinajstić information content (AvgIpc) is 2.89. The van der Waals surface area contributed by atoms with E-state index in [1.807, 2.05) is 0 Å². The molecule has 108 valence electrons. The molecule has 1 aliphatic carbocycles. The molecule has 3 rings (SSSR count). The third-order valence-electron chi connectivity index (χ3n) is 3.82. The van der Waals surface area contributed by atoms with Crippen LogP contribution in [0.2, 0.25) is 10.0 Å². The van der Waals surface area contributed by atoms with Gasteiger partial charge in [-0.3, -0.25) is 0 Å². The molecule has 7 heteroatoms. The molecule has 2 aromatic rings. The van der Waals surface area contributed by atoms with E-state index in [0.29, 0.717) is 33.3 Å². The van der Waals surface area contributed by atoms with Gasteiger partial charge in [-0.1, -0.05) is 42.5 Å². The van der Waals surface area contributed by atoms with Crippen molar-refractivity contribution in [1.82, 2.24) is 8.75 Å². The number of aliphatic hydroxyl groups is 1. The van der Waals surface area contributed by atoms with Crippen LogP contribution in [0.1, 0.15) is 32.1 Å². The molecular formula is C13H15Cl2N3OS. The topological polar surface area (TPSA) is 58.0 Å². The zero-order chi connectivity index (χ0) is 14.2. The van der Waals surface area contributed by atoms with Crippen molar-refractivity contribution in [3.63, 3.8) is 0 Å². The van der Waals surface area contributed by atoms with E-state index in [9.17, 15) is 5.11 Å². The summed E-state index contributed by atoms with van der Waals surface area (Å²) in [6, 6.07) is 1.67. The maximum atomic E-state index is 10.5. The van der Waals surface area contributed by atoms with Crippen molar-refractivity contribution in [2.75, 3.05) is 11.9 Å². The number of aromatic nitrogens is 2. The average molecular weight is 332 g/mol. The summed E-state index contributed by atoms with van der Waals surface area (Å²) in [5, 5.41) is 14.8. The second-order valence-electron chi connectivity index (χ2n) is 5.32. The lowest BCUT2D eigenvalue weighted by molar-refractivity contribution is 0.0167. The Balaban J connectivity index is 1.85. The fourth-order valence-corrected chi connectivity index (χ4v) is 3.86. The van der Waals surface area contributed by atoms with Crippen LogP contribution in [0.4, 0.5) is 5.69 Å². The Morgan fingerprint density at radius 3 is 2.60 bits per heavy atom. The highest BCUT2D eigenvalue weighted by molar-refractivity contribution is 7.00. The van der Waals surface area contributed by atoms with E-state index in [1.165, 1.54) is 6.42 Å². The molecule has 0 radical (unpaired) electrons. The van der Waals surface area contributed by atoms with Crippen LogP contribution in [0, 0.1) is 0 Å². The molecule has 0 saturated heterocycles. The van der Waals surface area contributed by atoms with Crippen molar-refractivity contribution in [1.29, 1.82) is 0 Å². The van der Waals surface area contributed by atoms with E-state index in [1.54, 1.807) is 6.07 Å². The molecule has 0 unspecified atom stereocenters. The quantitative estimate of drug-likeness (QED) is 0.888. The van der Waals surface area contributed by atoms with Crippen molar-refractivity contribution >= 4 is 51.7 Å². The van der Waals surface area contributed by atoms with Gasteiger partial charge in [0.15, 0.2) is 0 Å². The van der Waals surface area contributed by atoms with Crippen molar-refractivity contribution in [3.8, 4) is 0 Å². The molecule has 1 aliphatic rings. The predicted octanol–water partition coefficient (Wildman–Crippen LogP) is 4.11. The van der Waals surface area contributed by atoms with Crippen LogP contribution in [0.15, 0.2) is 6.07 Å². The first-order valence-electron chi connectivity index (χ1n) is 6.66. The molecule has 0 bridgehead atoms. The molecule has 4 nitrogen and oxygen atoms in total. The number of nitrogens with one attached hydrogen (secondary N) is 1. The number of hydrogen-bond donors (Lipinski definition) is 2. The first kappa shape index (κ1) is 14.3. The first-order valence-corrected chi connectivity index (χ1v) is 8.14. The van der Waals surface area contributed by atoms with E-state index in [4.69, 9.17) is 23.2 Å². The van der Waals surface area contributed by atoms with Crippen LogP contribution in [-0.4, -0.2) is 26.0 Å². The maximum Gasteiger partial charge on any atom is 0.130 e. The summed E-state index contributed by atoms with van der Waals surface area (Å²) >= 11 is 13.4. The lowest BCUT2D eigenvalue weighted by atomic mass is 9.85. The van der Waals surface area contributed by atoms with Gasteiger partial charge in [0.05, 0.1) is 33.1 Å². The van der Waals surface area contributed by atoms with Gasteiger partial charge in [-0.05, 0) is 18.9 Å². The Kier molecular flexibility index (Phi) is 4.04. The van der Waals surface area contributed by atoms with Crippen LogP contribution in [0.3, 0.4) is 0 Å². The molecule has 0 spiro atoms. The zero-order valence-corrected chi connectivity index (χ0v) is 13.2. The van der Waals surface area contributed by atoms with Crippen LogP contribution in [0.5, 0.6) is 0 Å². The number of hydrogen-bond acceptors (Lipinski definition) is 5. The third-order valence-corrected chi connectivity index (χ3v) is 4.94. The predicted molar refractivity (Wildman–Crippen MR) is 84.0 cm³/mol. The monoisotopic (exact) mass is 331 g/mol. The Morgan fingerprint density at radius 2 is 1.85 bits per heavy atom. The Morgan fingerprint density at radius 1 is 1.15 bits per heavy atom. The molecule has 1 aromatic carbocycles. The molecule has 20 heavy (non-hydrogen) atoms. The second kappa shape index (κ2) is 5.64.